The number of amides is 2. The molecule has 2 fully saturated rings. The van der Waals surface area contributed by atoms with E-state index in [0.29, 0.717) is 18.5 Å². The lowest BCUT2D eigenvalue weighted by Crippen LogP contribution is -2.50. The van der Waals surface area contributed by atoms with E-state index in [1.54, 1.807) is 0 Å². The van der Waals surface area contributed by atoms with Gasteiger partial charge in [0.25, 0.3) is 0 Å². The van der Waals surface area contributed by atoms with Crippen LogP contribution in [-0.4, -0.2) is 42.8 Å². The van der Waals surface area contributed by atoms with Crippen molar-refractivity contribution in [1.29, 1.82) is 0 Å². The van der Waals surface area contributed by atoms with E-state index < -0.39 is 0 Å². The molecule has 0 aliphatic carbocycles. The SMILES string of the molecule is C[C@@H]1CC[C@@H](C)N(C(=O)NC[C@H]2CCCO2)C1. The van der Waals surface area contributed by atoms with Crippen LogP contribution >= 0.6 is 0 Å². The van der Waals surface area contributed by atoms with Gasteiger partial charge in [0, 0.05) is 25.7 Å². The molecule has 3 atom stereocenters. The van der Waals surface area contributed by atoms with E-state index in [9.17, 15) is 4.79 Å². The molecule has 0 radical (unpaired) electrons. The largest absolute Gasteiger partial charge is 0.376 e. The zero-order valence-corrected chi connectivity index (χ0v) is 10.9. The minimum atomic E-state index is 0.0829. The molecule has 1 N–H and O–H groups in total. The lowest BCUT2D eigenvalue weighted by molar-refractivity contribution is 0.102. The van der Waals surface area contributed by atoms with Crippen molar-refractivity contribution in [2.24, 2.45) is 5.92 Å². The second kappa shape index (κ2) is 5.71. The Morgan fingerprint density at radius 2 is 2.18 bits per heavy atom. The number of hydrogen-bond donors (Lipinski definition) is 1. The molecular weight excluding hydrogens is 216 g/mol. The van der Waals surface area contributed by atoms with Crippen LogP contribution in [0.5, 0.6) is 0 Å². The molecule has 0 saturated carbocycles. The van der Waals surface area contributed by atoms with Crippen LogP contribution in [0.25, 0.3) is 0 Å². The summed E-state index contributed by atoms with van der Waals surface area (Å²) in [6, 6.07) is 0.454. The molecule has 0 aromatic heterocycles. The average molecular weight is 240 g/mol. The molecule has 2 aliphatic rings. The summed E-state index contributed by atoms with van der Waals surface area (Å²) in [5.74, 6) is 0.625. The van der Waals surface area contributed by atoms with E-state index in [2.05, 4.69) is 19.2 Å². The standard InChI is InChI=1S/C13H24N2O2/c1-10-5-6-11(2)15(9-10)13(16)14-8-12-4-3-7-17-12/h10-12H,3-9H2,1-2H3,(H,14,16)/t10-,11-,12-/m1/s1. The molecule has 4 nitrogen and oxygen atoms in total. The van der Waals surface area contributed by atoms with Gasteiger partial charge in [-0.3, -0.25) is 0 Å². The molecule has 2 heterocycles. The Morgan fingerprint density at radius 3 is 2.88 bits per heavy atom. The molecule has 2 amide bonds. The Morgan fingerprint density at radius 1 is 1.35 bits per heavy atom. The molecule has 98 valence electrons. The monoisotopic (exact) mass is 240 g/mol. The third-order valence-corrected chi connectivity index (χ3v) is 3.88. The fraction of sp³-hybridized carbons (Fsp3) is 0.923. The number of nitrogens with zero attached hydrogens (tertiary/aromatic N) is 1. The number of likely N-dealkylation sites (tertiary alicyclic amines) is 1. The van der Waals surface area contributed by atoms with Crippen molar-refractivity contribution in [2.75, 3.05) is 19.7 Å². The van der Waals surface area contributed by atoms with Gasteiger partial charge in [-0.1, -0.05) is 6.92 Å². The van der Waals surface area contributed by atoms with Gasteiger partial charge in [0.05, 0.1) is 6.10 Å². The van der Waals surface area contributed by atoms with Gasteiger partial charge in [-0.25, -0.2) is 4.79 Å². The second-order valence-corrected chi connectivity index (χ2v) is 5.50. The maximum absolute atomic E-state index is 12.1. The van der Waals surface area contributed by atoms with E-state index in [1.807, 2.05) is 4.90 Å². The van der Waals surface area contributed by atoms with Crippen LogP contribution in [0.1, 0.15) is 39.5 Å². The number of ether oxygens (including phenoxy) is 1. The third kappa shape index (κ3) is 3.35. The Hall–Kier alpha value is -0.770. The quantitative estimate of drug-likeness (QED) is 0.802. The Kier molecular flexibility index (Phi) is 4.26. The Labute approximate surface area is 104 Å². The maximum atomic E-state index is 12.1. The van der Waals surface area contributed by atoms with Gasteiger partial charge in [0.15, 0.2) is 0 Å². The number of carbonyl (C=O) groups is 1. The van der Waals surface area contributed by atoms with Gasteiger partial charge in [-0.15, -0.1) is 0 Å². The summed E-state index contributed by atoms with van der Waals surface area (Å²) in [6.45, 7) is 6.75. The highest BCUT2D eigenvalue weighted by Crippen LogP contribution is 2.21. The van der Waals surface area contributed by atoms with Crippen molar-refractivity contribution in [3.8, 4) is 0 Å². The summed E-state index contributed by atoms with van der Waals surface area (Å²) in [6.07, 6.45) is 4.78. The average Bonchev–Trinajstić information content (AvgIpc) is 2.82. The van der Waals surface area contributed by atoms with E-state index in [-0.39, 0.29) is 12.1 Å². The molecule has 0 aromatic carbocycles. The van der Waals surface area contributed by atoms with Crippen LogP contribution in [0.4, 0.5) is 4.79 Å². The molecule has 4 heteroatoms. The van der Waals surface area contributed by atoms with Crippen molar-refractivity contribution in [2.45, 2.75) is 51.7 Å². The molecule has 2 rings (SSSR count). The molecular formula is C13H24N2O2. The second-order valence-electron chi connectivity index (χ2n) is 5.50. The van der Waals surface area contributed by atoms with Crippen LogP contribution in [-0.2, 0) is 4.74 Å². The summed E-state index contributed by atoms with van der Waals surface area (Å²) in [5, 5.41) is 3.01. The molecule has 2 aliphatic heterocycles. The molecule has 17 heavy (non-hydrogen) atoms. The first-order chi connectivity index (χ1) is 8.16. The first-order valence-electron chi connectivity index (χ1n) is 6.83. The van der Waals surface area contributed by atoms with Crippen LogP contribution in [0, 0.1) is 5.92 Å². The van der Waals surface area contributed by atoms with E-state index in [4.69, 9.17) is 4.74 Å². The van der Waals surface area contributed by atoms with Gasteiger partial charge >= 0.3 is 6.03 Å². The van der Waals surface area contributed by atoms with Crippen LogP contribution in [0.2, 0.25) is 0 Å². The first-order valence-corrected chi connectivity index (χ1v) is 6.83. The summed E-state index contributed by atoms with van der Waals surface area (Å²) in [7, 11) is 0. The number of piperidine rings is 1. The highest BCUT2D eigenvalue weighted by Gasteiger charge is 2.27. The van der Waals surface area contributed by atoms with Crippen molar-refractivity contribution in [1.82, 2.24) is 10.2 Å². The van der Waals surface area contributed by atoms with Crippen LogP contribution < -0.4 is 5.32 Å². The molecule has 2 saturated heterocycles. The topological polar surface area (TPSA) is 41.6 Å². The molecule has 0 bridgehead atoms. The minimum absolute atomic E-state index is 0.0829. The third-order valence-electron chi connectivity index (χ3n) is 3.88. The first kappa shape index (κ1) is 12.7. The number of nitrogens with one attached hydrogen (secondary N) is 1. The highest BCUT2D eigenvalue weighted by atomic mass is 16.5. The van der Waals surface area contributed by atoms with Gasteiger partial charge in [0.2, 0.25) is 0 Å². The van der Waals surface area contributed by atoms with E-state index in [1.165, 1.54) is 6.42 Å². The van der Waals surface area contributed by atoms with Crippen molar-refractivity contribution in [3.05, 3.63) is 0 Å². The van der Waals surface area contributed by atoms with Crippen LogP contribution in [0.3, 0.4) is 0 Å². The Balaban J connectivity index is 1.77. The number of urea groups is 1. The fourth-order valence-electron chi connectivity index (χ4n) is 2.68. The highest BCUT2D eigenvalue weighted by molar-refractivity contribution is 5.74. The maximum Gasteiger partial charge on any atom is 0.317 e. The van der Waals surface area contributed by atoms with E-state index in [0.717, 1.165) is 32.4 Å². The molecule has 0 aromatic rings. The predicted octanol–water partition coefficient (Wildman–Crippen LogP) is 2.00. The molecule has 0 unspecified atom stereocenters. The lowest BCUT2D eigenvalue weighted by atomic mass is 9.95. The number of carbonyl (C=O) groups excluding carboxylic acids is 1. The summed E-state index contributed by atoms with van der Waals surface area (Å²) in [5.41, 5.74) is 0. The predicted molar refractivity (Wildman–Crippen MR) is 66.9 cm³/mol. The van der Waals surface area contributed by atoms with Gasteiger partial charge in [-0.2, -0.15) is 0 Å². The summed E-state index contributed by atoms with van der Waals surface area (Å²) in [4.78, 5) is 14.0. The zero-order chi connectivity index (χ0) is 12.3. The van der Waals surface area contributed by atoms with Crippen LogP contribution in [0.15, 0.2) is 0 Å². The smallest absolute Gasteiger partial charge is 0.317 e. The minimum Gasteiger partial charge on any atom is -0.376 e. The summed E-state index contributed by atoms with van der Waals surface area (Å²) < 4.78 is 5.51. The number of hydrogen-bond acceptors (Lipinski definition) is 2. The van der Waals surface area contributed by atoms with Crippen molar-refractivity contribution < 1.29 is 9.53 Å². The summed E-state index contributed by atoms with van der Waals surface area (Å²) >= 11 is 0. The van der Waals surface area contributed by atoms with Gasteiger partial charge < -0.3 is 15.0 Å². The number of rotatable bonds is 2. The van der Waals surface area contributed by atoms with E-state index >= 15 is 0 Å². The normalized spacial score (nSPS) is 33.8. The zero-order valence-electron chi connectivity index (χ0n) is 10.9. The fourth-order valence-corrected chi connectivity index (χ4v) is 2.68. The lowest BCUT2D eigenvalue weighted by Gasteiger charge is -2.36. The Bertz CT molecular complexity index is 264. The van der Waals surface area contributed by atoms with Gasteiger partial charge in [0.1, 0.15) is 0 Å². The van der Waals surface area contributed by atoms with Gasteiger partial charge in [-0.05, 0) is 38.5 Å². The molecule has 0 spiro atoms. The van der Waals surface area contributed by atoms with Crippen molar-refractivity contribution in [3.63, 3.8) is 0 Å². The van der Waals surface area contributed by atoms with Crippen molar-refractivity contribution >= 4 is 6.03 Å².